The van der Waals surface area contributed by atoms with Gasteiger partial charge in [0.15, 0.2) is 0 Å². The average Bonchev–Trinajstić information content (AvgIpc) is 2.37. The third-order valence-electron chi connectivity index (χ3n) is 3.09. The van der Waals surface area contributed by atoms with E-state index < -0.39 is 0 Å². The lowest BCUT2D eigenvalue weighted by molar-refractivity contribution is 0.0741. The van der Waals surface area contributed by atoms with E-state index in [1.54, 1.807) is 14.2 Å². The lowest BCUT2D eigenvalue weighted by Gasteiger charge is -2.28. The van der Waals surface area contributed by atoms with E-state index in [1.165, 1.54) is 19.3 Å². The van der Waals surface area contributed by atoms with Gasteiger partial charge in [-0.3, -0.25) is 4.90 Å². The first-order valence-corrected chi connectivity index (χ1v) is 7.18. The molecule has 0 spiro atoms. The Morgan fingerprint density at radius 3 is 2.44 bits per heavy atom. The highest BCUT2D eigenvalue weighted by Crippen LogP contribution is 2.02. The molecule has 1 N–H and O–H groups in total. The standard InChI is InChI=1S/C14H32N2O2/c1-5-8-15-9-6-7-10-16(11-12-17-3)14(2)13-18-4/h14-15H,5-13H2,1-4H3. The van der Waals surface area contributed by atoms with Crippen molar-refractivity contribution in [1.29, 1.82) is 0 Å². The number of hydrogen-bond acceptors (Lipinski definition) is 4. The van der Waals surface area contributed by atoms with Crippen LogP contribution in [0, 0.1) is 0 Å². The summed E-state index contributed by atoms with van der Waals surface area (Å²) >= 11 is 0. The minimum atomic E-state index is 0.466. The molecule has 18 heavy (non-hydrogen) atoms. The number of nitrogens with one attached hydrogen (secondary N) is 1. The number of unbranched alkanes of at least 4 members (excludes halogenated alkanes) is 1. The molecule has 0 amide bonds. The van der Waals surface area contributed by atoms with E-state index >= 15 is 0 Å². The third-order valence-corrected chi connectivity index (χ3v) is 3.09. The molecule has 0 bridgehead atoms. The van der Waals surface area contributed by atoms with Crippen LogP contribution in [0.5, 0.6) is 0 Å². The highest BCUT2D eigenvalue weighted by Gasteiger charge is 2.12. The van der Waals surface area contributed by atoms with Gasteiger partial charge in [0.25, 0.3) is 0 Å². The molecule has 0 saturated carbocycles. The molecule has 1 unspecified atom stereocenters. The average molecular weight is 260 g/mol. The van der Waals surface area contributed by atoms with Crippen LogP contribution in [-0.2, 0) is 9.47 Å². The number of nitrogens with zero attached hydrogens (tertiary/aromatic N) is 1. The summed E-state index contributed by atoms with van der Waals surface area (Å²) in [5, 5.41) is 3.44. The van der Waals surface area contributed by atoms with Crippen LogP contribution in [-0.4, -0.2) is 64.6 Å². The molecule has 1 atom stereocenters. The maximum absolute atomic E-state index is 5.23. The van der Waals surface area contributed by atoms with Gasteiger partial charge in [0.2, 0.25) is 0 Å². The van der Waals surface area contributed by atoms with E-state index in [-0.39, 0.29) is 0 Å². The summed E-state index contributed by atoms with van der Waals surface area (Å²) in [7, 11) is 3.52. The fraction of sp³-hybridized carbons (Fsp3) is 1.00. The van der Waals surface area contributed by atoms with Crippen LogP contribution >= 0.6 is 0 Å². The second kappa shape index (κ2) is 13.3. The number of hydrogen-bond donors (Lipinski definition) is 1. The van der Waals surface area contributed by atoms with Crippen LogP contribution < -0.4 is 5.32 Å². The summed E-state index contributed by atoms with van der Waals surface area (Å²) in [6.45, 7) is 10.4. The monoisotopic (exact) mass is 260 g/mol. The van der Waals surface area contributed by atoms with Gasteiger partial charge in [-0.25, -0.2) is 0 Å². The Bertz CT molecular complexity index is 168. The first-order valence-electron chi connectivity index (χ1n) is 7.18. The first kappa shape index (κ1) is 17.8. The van der Waals surface area contributed by atoms with Crippen molar-refractivity contribution in [2.24, 2.45) is 0 Å². The Morgan fingerprint density at radius 1 is 1.06 bits per heavy atom. The Kier molecular flexibility index (Phi) is 13.2. The van der Waals surface area contributed by atoms with Crippen molar-refractivity contribution in [3.8, 4) is 0 Å². The van der Waals surface area contributed by atoms with Crippen molar-refractivity contribution in [2.45, 2.75) is 39.2 Å². The van der Waals surface area contributed by atoms with Crippen LogP contribution in [0.1, 0.15) is 33.1 Å². The molecule has 0 rings (SSSR count). The summed E-state index contributed by atoms with van der Waals surface area (Å²) in [5.74, 6) is 0. The Balaban J connectivity index is 3.71. The summed E-state index contributed by atoms with van der Waals surface area (Å²) in [6.07, 6.45) is 3.68. The zero-order valence-electron chi connectivity index (χ0n) is 12.7. The van der Waals surface area contributed by atoms with Crippen molar-refractivity contribution in [2.75, 3.05) is 53.6 Å². The second-order valence-corrected chi connectivity index (χ2v) is 4.79. The topological polar surface area (TPSA) is 33.7 Å². The quantitative estimate of drug-likeness (QED) is 0.512. The summed E-state index contributed by atoms with van der Waals surface area (Å²) in [5.41, 5.74) is 0. The smallest absolute Gasteiger partial charge is 0.0615 e. The second-order valence-electron chi connectivity index (χ2n) is 4.79. The Labute approximate surface area is 113 Å². The van der Waals surface area contributed by atoms with Crippen LogP contribution in [0.2, 0.25) is 0 Å². The van der Waals surface area contributed by atoms with Gasteiger partial charge in [-0.05, 0) is 45.8 Å². The van der Waals surface area contributed by atoms with Gasteiger partial charge in [-0.2, -0.15) is 0 Å². The lowest BCUT2D eigenvalue weighted by Crippen LogP contribution is -2.39. The summed E-state index contributed by atoms with van der Waals surface area (Å²) in [4.78, 5) is 2.45. The van der Waals surface area contributed by atoms with Gasteiger partial charge >= 0.3 is 0 Å². The fourth-order valence-electron chi connectivity index (χ4n) is 1.97. The molecule has 0 aromatic rings. The molecule has 0 aliphatic carbocycles. The zero-order chi connectivity index (χ0) is 13.6. The molecule has 110 valence electrons. The normalized spacial score (nSPS) is 13.2. The molecule has 0 aromatic heterocycles. The molecule has 0 radical (unpaired) electrons. The van der Waals surface area contributed by atoms with Crippen molar-refractivity contribution < 1.29 is 9.47 Å². The predicted molar refractivity (Wildman–Crippen MR) is 77.2 cm³/mol. The number of ether oxygens (including phenoxy) is 2. The molecular formula is C14H32N2O2. The number of rotatable bonds is 13. The van der Waals surface area contributed by atoms with Crippen LogP contribution in [0.25, 0.3) is 0 Å². The van der Waals surface area contributed by atoms with Crippen LogP contribution in [0.15, 0.2) is 0 Å². The lowest BCUT2D eigenvalue weighted by atomic mass is 10.2. The highest BCUT2D eigenvalue weighted by atomic mass is 16.5. The Morgan fingerprint density at radius 2 is 1.83 bits per heavy atom. The number of methoxy groups -OCH3 is 2. The van der Waals surface area contributed by atoms with Gasteiger partial charge in [-0.1, -0.05) is 6.92 Å². The van der Waals surface area contributed by atoms with Crippen molar-refractivity contribution >= 4 is 0 Å². The molecular weight excluding hydrogens is 228 g/mol. The van der Waals surface area contributed by atoms with Crippen molar-refractivity contribution in [3.63, 3.8) is 0 Å². The van der Waals surface area contributed by atoms with Gasteiger partial charge < -0.3 is 14.8 Å². The fourth-order valence-corrected chi connectivity index (χ4v) is 1.97. The van der Waals surface area contributed by atoms with E-state index in [9.17, 15) is 0 Å². The maximum atomic E-state index is 5.23. The Hall–Kier alpha value is -0.160. The molecule has 0 heterocycles. The van der Waals surface area contributed by atoms with E-state index in [1.807, 2.05) is 0 Å². The minimum Gasteiger partial charge on any atom is -0.383 e. The largest absolute Gasteiger partial charge is 0.383 e. The molecule has 0 fully saturated rings. The minimum absolute atomic E-state index is 0.466. The highest BCUT2D eigenvalue weighted by molar-refractivity contribution is 4.67. The van der Waals surface area contributed by atoms with E-state index in [2.05, 4.69) is 24.1 Å². The van der Waals surface area contributed by atoms with E-state index in [0.29, 0.717) is 6.04 Å². The molecule has 4 heteroatoms. The first-order chi connectivity index (χ1) is 8.76. The summed E-state index contributed by atoms with van der Waals surface area (Å²) < 4.78 is 10.4. The van der Waals surface area contributed by atoms with Gasteiger partial charge in [0.05, 0.1) is 13.2 Å². The summed E-state index contributed by atoms with van der Waals surface area (Å²) in [6, 6.07) is 0.466. The molecule has 0 aromatic carbocycles. The van der Waals surface area contributed by atoms with Crippen molar-refractivity contribution in [1.82, 2.24) is 10.2 Å². The van der Waals surface area contributed by atoms with E-state index in [4.69, 9.17) is 9.47 Å². The third kappa shape index (κ3) is 9.83. The van der Waals surface area contributed by atoms with Gasteiger partial charge in [0.1, 0.15) is 0 Å². The zero-order valence-corrected chi connectivity index (χ0v) is 12.7. The van der Waals surface area contributed by atoms with Gasteiger partial charge in [-0.15, -0.1) is 0 Å². The van der Waals surface area contributed by atoms with Crippen LogP contribution in [0.3, 0.4) is 0 Å². The molecule has 4 nitrogen and oxygen atoms in total. The van der Waals surface area contributed by atoms with Crippen molar-refractivity contribution in [3.05, 3.63) is 0 Å². The molecule has 0 aliphatic heterocycles. The molecule has 0 aliphatic rings. The van der Waals surface area contributed by atoms with Crippen LogP contribution in [0.4, 0.5) is 0 Å². The maximum Gasteiger partial charge on any atom is 0.0615 e. The molecule has 0 saturated heterocycles. The SMILES string of the molecule is CCCNCCCCN(CCOC)C(C)COC. The van der Waals surface area contributed by atoms with Gasteiger partial charge in [0, 0.05) is 26.8 Å². The predicted octanol–water partition coefficient (Wildman–Crippen LogP) is 1.75. The van der Waals surface area contributed by atoms with E-state index in [0.717, 1.165) is 39.4 Å².